The van der Waals surface area contributed by atoms with Gasteiger partial charge in [0, 0.05) is 29.2 Å². The third-order valence-electron chi connectivity index (χ3n) is 3.83. The molecule has 0 atom stereocenters. The molecule has 2 amide bonds. The van der Waals surface area contributed by atoms with Crippen LogP contribution in [-0.4, -0.2) is 23.5 Å². The van der Waals surface area contributed by atoms with Crippen LogP contribution in [0.2, 0.25) is 10.0 Å². The minimum atomic E-state index is -0.231. The molecule has 0 radical (unpaired) electrons. The van der Waals surface area contributed by atoms with Crippen LogP contribution < -0.4 is 20.7 Å². The molecule has 0 saturated carbocycles. The molecule has 0 aliphatic carbocycles. The summed E-state index contributed by atoms with van der Waals surface area (Å²) in [5.41, 5.74) is 1.32. The van der Waals surface area contributed by atoms with Gasteiger partial charge in [0.1, 0.15) is 5.75 Å². The maximum atomic E-state index is 12.1. The molecule has 2 rings (SSSR count). The fraction of sp³-hybridized carbons (Fsp3) is 0.286. The Balaban J connectivity index is 1.72. The van der Waals surface area contributed by atoms with E-state index in [4.69, 9.17) is 40.2 Å². The van der Waals surface area contributed by atoms with Crippen molar-refractivity contribution in [3.8, 4) is 5.75 Å². The topological polar surface area (TPSA) is 79.5 Å². The molecule has 30 heavy (non-hydrogen) atoms. The molecule has 9 heteroatoms. The summed E-state index contributed by atoms with van der Waals surface area (Å²) in [6.07, 6.45) is 1.96. The third kappa shape index (κ3) is 8.57. The largest absolute Gasteiger partial charge is 0.492 e. The predicted molar refractivity (Wildman–Crippen MR) is 126 cm³/mol. The van der Waals surface area contributed by atoms with E-state index in [0.717, 1.165) is 6.42 Å². The van der Waals surface area contributed by atoms with Gasteiger partial charge in [0.05, 0.1) is 11.6 Å². The van der Waals surface area contributed by atoms with Gasteiger partial charge in [-0.15, -0.1) is 0 Å². The van der Waals surface area contributed by atoms with Crippen LogP contribution in [0.4, 0.5) is 11.4 Å². The van der Waals surface area contributed by atoms with Crippen molar-refractivity contribution in [2.45, 2.75) is 32.6 Å². The van der Waals surface area contributed by atoms with E-state index in [-0.39, 0.29) is 23.3 Å². The predicted octanol–water partition coefficient (Wildman–Crippen LogP) is 5.40. The molecule has 160 valence electrons. The molecule has 2 aromatic rings. The van der Waals surface area contributed by atoms with Gasteiger partial charge in [0.15, 0.2) is 5.11 Å². The number of thiocarbonyl (C=S) groups is 1. The summed E-state index contributed by atoms with van der Waals surface area (Å²) in [7, 11) is 0. The number of anilines is 2. The molecular formula is C21H23Cl2N3O3S. The fourth-order valence-corrected chi connectivity index (χ4v) is 3.18. The van der Waals surface area contributed by atoms with E-state index in [1.807, 2.05) is 6.92 Å². The average molecular weight is 468 g/mol. The lowest BCUT2D eigenvalue weighted by Crippen LogP contribution is -2.34. The zero-order valence-electron chi connectivity index (χ0n) is 16.5. The van der Waals surface area contributed by atoms with Gasteiger partial charge in [-0.25, -0.2) is 0 Å². The van der Waals surface area contributed by atoms with Crippen LogP contribution in [0.15, 0.2) is 42.5 Å². The lowest BCUT2D eigenvalue weighted by atomic mass is 10.2. The number of carbonyl (C=O) groups excluding carboxylic acids is 2. The van der Waals surface area contributed by atoms with E-state index < -0.39 is 0 Å². The number of amides is 2. The normalized spacial score (nSPS) is 10.2. The zero-order valence-corrected chi connectivity index (χ0v) is 18.8. The monoisotopic (exact) mass is 467 g/mol. The van der Waals surface area contributed by atoms with Crippen molar-refractivity contribution in [2.75, 3.05) is 17.2 Å². The number of halogens is 2. The standard InChI is InChI=1S/C21H23Cl2N3O3S/c1-2-5-19(27)24-15-6-3-7-16(13-15)25-21(30)26-20(28)8-4-11-29-18-10-9-14(22)12-17(18)23/h3,6-7,9-10,12-13H,2,4-5,8,11H2,1H3,(H,24,27)(H2,25,26,28,30). The zero-order chi connectivity index (χ0) is 21.9. The first kappa shape index (κ1) is 23.9. The molecule has 0 aromatic heterocycles. The van der Waals surface area contributed by atoms with Crippen LogP contribution in [0.1, 0.15) is 32.6 Å². The van der Waals surface area contributed by atoms with Crippen LogP contribution >= 0.6 is 35.4 Å². The molecule has 0 unspecified atom stereocenters. The van der Waals surface area contributed by atoms with E-state index >= 15 is 0 Å². The average Bonchev–Trinajstić information content (AvgIpc) is 2.67. The van der Waals surface area contributed by atoms with Gasteiger partial charge in [-0.05, 0) is 61.5 Å². The summed E-state index contributed by atoms with van der Waals surface area (Å²) >= 11 is 17.1. The highest BCUT2D eigenvalue weighted by Gasteiger charge is 2.07. The van der Waals surface area contributed by atoms with E-state index in [9.17, 15) is 9.59 Å². The highest BCUT2D eigenvalue weighted by atomic mass is 35.5. The molecule has 0 fully saturated rings. The SMILES string of the molecule is CCCC(=O)Nc1cccc(NC(=S)NC(=O)CCCOc2ccc(Cl)cc2Cl)c1. The molecule has 0 bridgehead atoms. The Morgan fingerprint density at radius 1 is 1.00 bits per heavy atom. The summed E-state index contributed by atoms with van der Waals surface area (Å²) in [5.74, 6) is 0.239. The van der Waals surface area contributed by atoms with Gasteiger partial charge in [-0.3, -0.25) is 9.59 Å². The van der Waals surface area contributed by atoms with Gasteiger partial charge in [0.2, 0.25) is 11.8 Å². The van der Waals surface area contributed by atoms with Crippen LogP contribution in [0.25, 0.3) is 0 Å². The third-order valence-corrected chi connectivity index (χ3v) is 4.57. The number of hydrogen-bond acceptors (Lipinski definition) is 4. The fourth-order valence-electron chi connectivity index (χ4n) is 2.48. The van der Waals surface area contributed by atoms with Gasteiger partial charge in [-0.2, -0.15) is 0 Å². The smallest absolute Gasteiger partial charge is 0.226 e. The molecule has 2 aromatic carbocycles. The minimum Gasteiger partial charge on any atom is -0.492 e. The van der Waals surface area contributed by atoms with Crippen LogP contribution in [-0.2, 0) is 9.59 Å². The molecule has 0 saturated heterocycles. The Labute approximate surface area is 191 Å². The second kappa shape index (κ2) is 12.4. The van der Waals surface area contributed by atoms with Crippen LogP contribution in [0.3, 0.4) is 0 Å². The maximum absolute atomic E-state index is 12.1. The van der Waals surface area contributed by atoms with Gasteiger partial charge in [-0.1, -0.05) is 36.2 Å². The lowest BCUT2D eigenvalue weighted by Gasteiger charge is -2.12. The lowest BCUT2D eigenvalue weighted by molar-refractivity contribution is -0.120. The first-order valence-electron chi connectivity index (χ1n) is 9.46. The van der Waals surface area contributed by atoms with E-state index in [2.05, 4.69) is 16.0 Å². The number of hydrogen-bond donors (Lipinski definition) is 3. The minimum absolute atomic E-state index is 0.0485. The van der Waals surface area contributed by atoms with Crippen LogP contribution in [0.5, 0.6) is 5.75 Å². The van der Waals surface area contributed by atoms with Crippen molar-refractivity contribution in [1.82, 2.24) is 5.32 Å². The summed E-state index contributed by atoms with van der Waals surface area (Å²) < 4.78 is 5.55. The number of ether oxygens (including phenoxy) is 1. The molecule has 0 aliphatic rings. The maximum Gasteiger partial charge on any atom is 0.226 e. The molecule has 3 N–H and O–H groups in total. The Bertz CT molecular complexity index is 909. The molecule has 6 nitrogen and oxygen atoms in total. The van der Waals surface area contributed by atoms with Crippen molar-refractivity contribution in [2.24, 2.45) is 0 Å². The summed E-state index contributed by atoms with van der Waals surface area (Å²) in [6, 6.07) is 12.1. The quantitative estimate of drug-likeness (QED) is 0.339. The molecule has 0 heterocycles. The highest BCUT2D eigenvalue weighted by Crippen LogP contribution is 2.27. The van der Waals surface area contributed by atoms with Gasteiger partial charge in [0.25, 0.3) is 0 Å². The first-order chi connectivity index (χ1) is 14.4. The highest BCUT2D eigenvalue weighted by molar-refractivity contribution is 7.80. The van der Waals surface area contributed by atoms with Crippen molar-refractivity contribution in [3.63, 3.8) is 0 Å². The van der Waals surface area contributed by atoms with Crippen LogP contribution in [0, 0.1) is 0 Å². The molecule has 0 spiro atoms. The Kier molecular flexibility index (Phi) is 9.86. The second-order valence-corrected chi connectivity index (χ2v) is 7.66. The summed E-state index contributed by atoms with van der Waals surface area (Å²) in [6.45, 7) is 2.27. The Hall–Kier alpha value is -2.35. The Morgan fingerprint density at radius 3 is 2.43 bits per heavy atom. The molecular weight excluding hydrogens is 445 g/mol. The first-order valence-corrected chi connectivity index (χ1v) is 10.6. The second-order valence-electron chi connectivity index (χ2n) is 6.41. The van der Waals surface area contributed by atoms with Crippen molar-refractivity contribution in [3.05, 3.63) is 52.5 Å². The number of rotatable bonds is 9. The van der Waals surface area contributed by atoms with E-state index in [1.165, 1.54) is 0 Å². The number of carbonyl (C=O) groups is 2. The summed E-state index contributed by atoms with van der Waals surface area (Å²) in [4.78, 5) is 23.8. The Morgan fingerprint density at radius 2 is 1.73 bits per heavy atom. The number of benzene rings is 2. The van der Waals surface area contributed by atoms with E-state index in [1.54, 1.807) is 42.5 Å². The summed E-state index contributed by atoms with van der Waals surface area (Å²) in [5, 5.41) is 9.50. The van der Waals surface area contributed by atoms with Gasteiger partial charge < -0.3 is 20.7 Å². The van der Waals surface area contributed by atoms with E-state index in [0.29, 0.717) is 46.6 Å². The molecule has 0 aliphatic heterocycles. The van der Waals surface area contributed by atoms with Crippen molar-refractivity contribution >= 4 is 63.7 Å². The van der Waals surface area contributed by atoms with Crippen molar-refractivity contribution in [1.29, 1.82) is 0 Å². The van der Waals surface area contributed by atoms with Gasteiger partial charge >= 0.3 is 0 Å². The number of nitrogens with one attached hydrogen (secondary N) is 3. The van der Waals surface area contributed by atoms with Crippen molar-refractivity contribution < 1.29 is 14.3 Å².